The normalized spacial score (nSPS) is 17.8. The predicted octanol–water partition coefficient (Wildman–Crippen LogP) is 2.38. The van der Waals surface area contributed by atoms with Crippen LogP contribution in [0.3, 0.4) is 0 Å². The third kappa shape index (κ3) is 3.59. The fourth-order valence-corrected chi connectivity index (χ4v) is 4.12. The zero-order valence-corrected chi connectivity index (χ0v) is 12.5. The summed E-state index contributed by atoms with van der Waals surface area (Å²) in [6.07, 6.45) is 4.03. The molecule has 1 saturated carbocycles. The average molecular weight is 315 g/mol. The van der Waals surface area contributed by atoms with E-state index in [1.54, 1.807) is 6.92 Å². The molecule has 0 bridgehead atoms. The van der Waals surface area contributed by atoms with Gasteiger partial charge in [-0.05, 0) is 43.9 Å². The van der Waals surface area contributed by atoms with Gasteiger partial charge in [-0.25, -0.2) is 22.3 Å². The maximum atomic E-state index is 13.7. The summed E-state index contributed by atoms with van der Waals surface area (Å²) in [6, 6.07) is 2.45. The van der Waals surface area contributed by atoms with Crippen molar-refractivity contribution in [3.63, 3.8) is 0 Å². The van der Waals surface area contributed by atoms with Gasteiger partial charge in [0.15, 0.2) is 0 Å². The van der Waals surface area contributed by atoms with Gasteiger partial charge in [-0.15, -0.1) is 0 Å². The highest BCUT2D eigenvalue weighted by molar-refractivity contribution is 7.89. The fourth-order valence-electron chi connectivity index (χ4n) is 2.70. The van der Waals surface area contributed by atoms with Crippen LogP contribution < -0.4 is 4.72 Å². The molecule has 0 heterocycles. The first-order chi connectivity index (χ1) is 9.81. The number of aromatic carboxylic acids is 1. The Kier molecular flexibility index (Phi) is 4.63. The second-order valence-electron chi connectivity index (χ2n) is 5.40. The minimum atomic E-state index is -4.07. The highest BCUT2D eigenvalue weighted by Crippen LogP contribution is 2.28. The lowest BCUT2D eigenvalue weighted by Crippen LogP contribution is -2.37. The van der Waals surface area contributed by atoms with Gasteiger partial charge in [-0.1, -0.05) is 12.8 Å². The molecule has 0 spiro atoms. The van der Waals surface area contributed by atoms with Crippen molar-refractivity contribution in [2.45, 2.75) is 43.5 Å². The summed E-state index contributed by atoms with van der Waals surface area (Å²) < 4.78 is 40.7. The number of halogens is 1. The van der Waals surface area contributed by atoms with E-state index in [1.165, 1.54) is 0 Å². The van der Waals surface area contributed by atoms with Crippen LogP contribution in [0.1, 0.15) is 43.0 Å². The zero-order valence-electron chi connectivity index (χ0n) is 11.7. The van der Waals surface area contributed by atoms with Gasteiger partial charge in [0.1, 0.15) is 10.7 Å². The van der Waals surface area contributed by atoms with Gasteiger partial charge < -0.3 is 5.11 Å². The van der Waals surface area contributed by atoms with Gasteiger partial charge in [0.2, 0.25) is 10.0 Å². The van der Waals surface area contributed by atoms with Crippen molar-refractivity contribution in [2.24, 2.45) is 5.92 Å². The molecule has 7 heteroatoms. The Balaban J connectivity index is 2.26. The van der Waals surface area contributed by atoms with Crippen LogP contribution in [-0.4, -0.2) is 25.5 Å². The number of carboxylic acid groups (broad SMARTS) is 1. The third-order valence-corrected chi connectivity index (χ3v) is 5.49. The summed E-state index contributed by atoms with van der Waals surface area (Å²) in [5.74, 6) is -2.01. The molecule has 21 heavy (non-hydrogen) atoms. The van der Waals surface area contributed by atoms with E-state index in [-0.39, 0.29) is 17.5 Å². The quantitative estimate of drug-likeness (QED) is 0.874. The fraction of sp³-hybridized carbons (Fsp3) is 0.500. The van der Waals surface area contributed by atoms with E-state index in [9.17, 15) is 17.6 Å². The molecule has 0 aliphatic heterocycles. The summed E-state index contributed by atoms with van der Waals surface area (Å²) in [6.45, 7) is 1.76. The number of benzene rings is 1. The molecule has 116 valence electrons. The highest BCUT2D eigenvalue weighted by Gasteiger charge is 2.28. The molecule has 0 unspecified atom stereocenters. The Bertz CT molecular complexity index is 638. The van der Waals surface area contributed by atoms with Crippen LogP contribution in [0.25, 0.3) is 0 Å². The number of nitrogens with one attached hydrogen (secondary N) is 1. The lowest BCUT2D eigenvalue weighted by molar-refractivity contribution is 0.0696. The Morgan fingerprint density at radius 1 is 1.38 bits per heavy atom. The lowest BCUT2D eigenvalue weighted by Gasteiger charge is -2.20. The van der Waals surface area contributed by atoms with E-state index >= 15 is 0 Å². The van der Waals surface area contributed by atoms with E-state index in [2.05, 4.69) is 4.72 Å². The molecular formula is C14H18FNO4S. The van der Waals surface area contributed by atoms with Gasteiger partial charge in [0.25, 0.3) is 0 Å². The molecule has 0 amide bonds. The van der Waals surface area contributed by atoms with Gasteiger partial charge >= 0.3 is 5.97 Å². The van der Waals surface area contributed by atoms with Crippen molar-refractivity contribution < 1.29 is 22.7 Å². The second-order valence-corrected chi connectivity index (χ2v) is 7.09. The molecular weight excluding hydrogens is 297 g/mol. The minimum Gasteiger partial charge on any atom is -0.478 e. The van der Waals surface area contributed by atoms with E-state index < -0.39 is 26.7 Å². The maximum Gasteiger partial charge on any atom is 0.335 e. The number of carbonyl (C=O) groups is 1. The highest BCUT2D eigenvalue weighted by atomic mass is 32.2. The molecule has 1 aromatic carbocycles. The molecule has 1 atom stereocenters. The monoisotopic (exact) mass is 315 g/mol. The Labute approximate surface area is 123 Å². The smallest absolute Gasteiger partial charge is 0.335 e. The Morgan fingerprint density at radius 3 is 2.57 bits per heavy atom. The number of rotatable bonds is 5. The van der Waals surface area contributed by atoms with Crippen molar-refractivity contribution in [3.05, 3.63) is 29.6 Å². The van der Waals surface area contributed by atoms with E-state index in [4.69, 9.17) is 5.11 Å². The maximum absolute atomic E-state index is 13.7. The Hall–Kier alpha value is -1.47. The zero-order chi connectivity index (χ0) is 15.6. The number of hydrogen-bond donors (Lipinski definition) is 2. The topological polar surface area (TPSA) is 83.5 Å². The molecule has 1 aliphatic carbocycles. The molecule has 0 aromatic heterocycles. The molecule has 5 nitrogen and oxygen atoms in total. The van der Waals surface area contributed by atoms with Crippen molar-refractivity contribution >= 4 is 16.0 Å². The van der Waals surface area contributed by atoms with Crippen molar-refractivity contribution in [1.29, 1.82) is 0 Å². The summed E-state index contributed by atoms with van der Waals surface area (Å²) in [5.41, 5.74) is -0.259. The lowest BCUT2D eigenvalue weighted by atomic mass is 10.0. The van der Waals surface area contributed by atoms with Crippen LogP contribution >= 0.6 is 0 Å². The molecule has 0 saturated heterocycles. The van der Waals surface area contributed by atoms with Crippen LogP contribution in [-0.2, 0) is 10.0 Å². The predicted molar refractivity (Wildman–Crippen MR) is 75.1 cm³/mol. The summed E-state index contributed by atoms with van der Waals surface area (Å²) in [4.78, 5) is 10.3. The molecule has 2 rings (SSSR count). The minimum absolute atomic E-state index is 0.241. The number of carboxylic acids is 1. The van der Waals surface area contributed by atoms with Crippen molar-refractivity contribution in [2.75, 3.05) is 0 Å². The van der Waals surface area contributed by atoms with Crippen molar-refractivity contribution in [3.8, 4) is 0 Å². The van der Waals surface area contributed by atoms with Crippen molar-refractivity contribution in [1.82, 2.24) is 4.72 Å². The van der Waals surface area contributed by atoms with Gasteiger partial charge in [0, 0.05) is 6.04 Å². The number of sulfonamides is 1. The van der Waals surface area contributed by atoms with Crippen LogP contribution in [0.4, 0.5) is 4.39 Å². The number of hydrogen-bond acceptors (Lipinski definition) is 3. The SMILES string of the molecule is C[C@H](NS(=O)(=O)c1cc(C(=O)O)ccc1F)C1CCCC1. The van der Waals surface area contributed by atoms with Gasteiger partial charge in [0.05, 0.1) is 5.56 Å². The largest absolute Gasteiger partial charge is 0.478 e. The standard InChI is InChI=1S/C14H18FNO4S/c1-9(10-4-2-3-5-10)16-21(19,20)13-8-11(14(17)18)6-7-12(13)15/h6-10,16H,2-5H2,1H3,(H,17,18)/t9-/m0/s1. The molecule has 1 aromatic rings. The van der Waals surface area contributed by atoms with Gasteiger partial charge in [-0.2, -0.15) is 0 Å². The Morgan fingerprint density at radius 2 is 2.00 bits per heavy atom. The third-order valence-electron chi connectivity index (χ3n) is 3.92. The summed E-state index contributed by atoms with van der Waals surface area (Å²) in [5, 5.41) is 8.88. The van der Waals surface area contributed by atoms with Gasteiger partial charge in [-0.3, -0.25) is 0 Å². The first-order valence-electron chi connectivity index (χ1n) is 6.86. The first-order valence-corrected chi connectivity index (χ1v) is 8.35. The van der Waals surface area contributed by atoms with Crippen LogP contribution in [0.5, 0.6) is 0 Å². The van der Waals surface area contributed by atoms with E-state index in [0.29, 0.717) is 0 Å². The molecule has 2 N–H and O–H groups in total. The average Bonchev–Trinajstić information content (AvgIpc) is 2.92. The molecule has 1 fully saturated rings. The molecule has 0 radical (unpaired) electrons. The van der Waals surface area contributed by atoms with E-state index in [0.717, 1.165) is 43.9 Å². The van der Waals surface area contributed by atoms with Crippen LogP contribution in [0.15, 0.2) is 23.1 Å². The molecule has 1 aliphatic rings. The summed E-state index contributed by atoms with van der Waals surface area (Å²) >= 11 is 0. The van der Waals surface area contributed by atoms with Crippen LogP contribution in [0.2, 0.25) is 0 Å². The van der Waals surface area contributed by atoms with E-state index in [1.807, 2.05) is 0 Å². The second kappa shape index (κ2) is 6.11. The van der Waals surface area contributed by atoms with Crippen LogP contribution in [0, 0.1) is 11.7 Å². The first kappa shape index (κ1) is 15.9. The summed E-state index contributed by atoms with van der Waals surface area (Å²) in [7, 11) is -4.07.